The van der Waals surface area contributed by atoms with E-state index in [4.69, 9.17) is 4.43 Å². The maximum atomic E-state index is 5.17. The van der Waals surface area contributed by atoms with Crippen LogP contribution in [0.15, 0.2) is 12.7 Å². The van der Waals surface area contributed by atoms with Crippen LogP contribution in [0.2, 0.25) is 12.1 Å². The summed E-state index contributed by atoms with van der Waals surface area (Å²) >= 11 is 0. The molecular weight excluding hydrogens is 116 g/mol. The predicted molar refractivity (Wildman–Crippen MR) is 39.6 cm³/mol. The smallest absolute Gasteiger partial charge is 0.179 e. The van der Waals surface area contributed by atoms with Crippen molar-refractivity contribution >= 4 is 9.04 Å². The Morgan fingerprint density at radius 1 is 1.75 bits per heavy atom. The van der Waals surface area contributed by atoms with E-state index in [2.05, 4.69) is 20.0 Å². The normalized spacial score (nSPS) is 17.4. The fourth-order valence-corrected chi connectivity index (χ4v) is 1.22. The molecule has 0 rings (SSSR count). The first-order valence-electron chi connectivity index (χ1n) is 2.87. The zero-order valence-corrected chi connectivity index (χ0v) is 7.00. The Labute approximate surface area is 53.1 Å². The van der Waals surface area contributed by atoms with E-state index in [0.717, 1.165) is 0 Å². The first kappa shape index (κ1) is 7.92. The Morgan fingerprint density at radius 3 is 2.38 bits per heavy atom. The third-order valence-corrected chi connectivity index (χ3v) is 3.98. The van der Waals surface area contributed by atoms with E-state index in [-0.39, 0.29) is 0 Å². The van der Waals surface area contributed by atoms with Crippen LogP contribution in [-0.4, -0.2) is 16.2 Å². The highest BCUT2D eigenvalue weighted by Crippen LogP contribution is 2.08. The number of allylic oxidation sites excluding steroid dienone is 1. The van der Waals surface area contributed by atoms with Crippen LogP contribution >= 0.6 is 0 Å². The average molecular weight is 130 g/mol. The zero-order chi connectivity index (χ0) is 6.57. The van der Waals surface area contributed by atoms with Crippen molar-refractivity contribution in [3.63, 3.8) is 0 Å². The molecule has 0 aromatic carbocycles. The summed E-state index contributed by atoms with van der Waals surface area (Å²) in [6, 6.07) is 0. The number of rotatable bonds is 3. The van der Waals surface area contributed by atoms with Gasteiger partial charge in [-0.25, -0.2) is 0 Å². The maximum absolute atomic E-state index is 5.17. The molecule has 8 heavy (non-hydrogen) atoms. The Bertz CT molecular complexity index is 72.9. The molecule has 0 heterocycles. The van der Waals surface area contributed by atoms with Gasteiger partial charge in [0, 0.05) is 7.11 Å². The molecule has 2 heteroatoms. The van der Waals surface area contributed by atoms with Crippen molar-refractivity contribution in [3.05, 3.63) is 12.7 Å². The highest BCUT2D eigenvalue weighted by Gasteiger charge is 2.07. The van der Waals surface area contributed by atoms with Crippen LogP contribution in [0.4, 0.5) is 0 Å². The van der Waals surface area contributed by atoms with Gasteiger partial charge >= 0.3 is 0 Å². The number of hydrogen-bond acceptors (Lipinski definition) is 1. The third kappa shape index (κ3) is 2.28. The van der Waals surface area contributed by atoms with Crippen LogP contribution in [0.1, 0.15) is 6.92 Å². The van der Waals surface area contributed by atoms with Gasteiger partial charge in [0.05, 0.1) is 0 Å². The summed E-state index contributed by atoms with van der Waals surface area (Å²) in [7, 11) is 0.881. The molecule has 0 amide bonds. The molecule has 0 fully saturated rings. The predicted octanol–water partition coefficient (Wildman–Crippen LogP) is 1.56. The fourth-order valence-electron chi connectivity index (χ4n) is 0.406. The van der Waals surface area contributed by atoms with Gasteiger partial charge < -0.3 is 4.43 Å². The van der Waals surface area contributed by atoms with Crippen molar-refractivity contribution in [2.75, 3.05) is 7.11 Å². The molecule has 0 N–H and O–H groups in total. The van der Waals surface area contributed by atoms with E-state index in [1.165, 1.54) is 0 Å². The first-order valence-corrected chi connectivity index (χ1v) is 5.17. The van der Waals surface area contributed by atoms with E-state index in [0.29, 0.717) is 5.54 Å². The first-order chi connectivity index (χ1) is 3.72. The molecular formula is C6H14OSi. The lowest BCUT2D eigenvalue weighted by molar-refractivity contribution is 0.419. The summed E-state index contributed by atoms with van der Waals surface area (Å²) in [6.45, 7) is 8.00. The summed E-state index contributed by atoms with van der Waals surface area (Å²) in [5, 5.41) is 0. The van der Waals surface area contributed by atoms with Gasteiger partial charge in [-0.15, -0.1) is 6.58 Å². The van der Waals surface area contributed by atoms with Crippen molar-refractivity contribution in [2.45, 2.75) is 19.0 Å². The molecule has 0 aliphatic heterocycles. The highest BCUT2D eigenvalue weighted by atomic mass is 28.3. The molecule has 2 unspecified atom stereocenters. The van der Waals surface area contributed by atoms with E-state index in [1.54, 1.807) is 7.11 Å². The van der Waals surface area contributed by atoms with Gasteiger partial charge in [-0.2, -0.15) is 0 Å². The summed E-state index contributed by atoms with van der Waals surface area (Å²) in [5.74, 6) is 0. The van der Waals surface area contributed by atoms with Crippen LogP contribution in [-0.2, 0) is 4.43 Å². The molecule has 0 saturated carbocycles. The van der Waals surface area contributed by atoms with Crippen molar-refractivity contribution in [3.8, 4) is 0 Å². The topological polar surface area (TPSA) is 9.23 Å². The molecule has 0 aromatic rings. The van der Waals surface area contributed by atoms with Crippen LogP contribution in [0.3, 0.4) is 0 Å². The van der Waals surface area contributed by atoms with Crippen LogP contribution in [0.5, 0.6) is 0 Å². The Balaban J connectivity index is 3.44. The lowest BCUT2D eigenvalue weighted by Crippen LogP contribution is -2.14. The van der Waals surface area contributed by atoms with Crippen LogP contribution < -0.4 is 0 Å². The Hall–Kier alpha value is -0.0831. The molecule has 0 aliphatic carbocycles. The van der Waals surface area contributed by atoms with Gasteiger partial charge in [0.25, 0.3) is 0 Å². The van der Waals surface area contributed by atoms with Gasteiger partial charge in [0.1, 0.15) is 0 Å². The van der Waals surface area contributed by atoms with E-state index in [9.17, 15) is 0 Å². The van der Waals surface area contributed by atoms with Gasteiger partial charge in [-0.05, 0) is 12.1 Å². The fraction of sp³-hybridized carbons (Fsp3) is 0.667. The second-order valence-electron chi connectivity index (χ2n) is 2.04. The SMILES string of the molecule is C=CC(C)[SiH](C)OC. The Kier molecular flexibility index (Phi) is 3.82. The monoisotopic (exact) mass is 130 g/mol. The van der Waals surface area contributed by atoms with Crippen molar-refractivity contribution in [1.29, 1.82) is 0 Å². The lowest BCUT2D eigenvalue weighted by atomic mass is 10.5. The zero-order valence-electron chi connectivity index (χ0n) is 5.85. The second kappa shape index (κ2) is 3.86. The highest BCUT2D eigenvalue weighted by molar-refractivity contribution is 6.52. The minimum absolute atomic E-state index is 0.597. The lowest BCUT2D eigenvalue weighted by Gasteiger charge is -2.10. The summed E-state index contributed by atoms with van der Waals surface area (Å²) in [5.41, 5.74) is 0.597. The van der Waals surface area contributed by atoms with E-state index in [1.807, 2.05) is 6.08 Å². The molecule has 0 aliphatic rings. The molecule has 0 saturated heterocycles. The molecule has 0 bridgehead atoms. The minimum atomic E-state index is -0.894. The summed E-state index contributed by atoms with van der Waals surface area (Å²) in [6.07, 6.45) is 1.96. The molecule has 2 atom stereocenters. The second-order valence-corrected chi connectivity index (χ2v) is 4.97. The van der Waals surface area contributed by atoms with Crippen molar-refractivity contribution < 1.29 is 4.43 Å². The van der Waals surface area contributed by atoms with Crippen LogP contribution in [0, 0.1) is 0 Å². The molecule has 1 nitrogen and oxygen atoms in total. The van der Waals surface area contributed by atoms with Gasteiger partial charge in [0.2, 0.25) is 0 Å². The van der Waals surface area contributed by atoms with Crippen LogP contribution in [0.25, 0.3) is 0 Å². The van der Waals surface area contributed by atoms with Gasteiger partial charge in [-0.3, -0.25) is 0 Å². The standard InChI is InChI=1S/C6H14OSi/c1-5-6(2)8(4)7-3/h5-6,8H,1H2,2-4H3. The molecule has 48 valence electrons. The van der Waals surface area contributed by atoms with Crippen molar-refractivity contribution in [1.82, 2.24) is 0 Å². The summed E-state index contributed by atoms with van der Waals surface area (Å²) < 4.78 is 5.17. The Morgan fingerprint density at radius 2 is 2.25 bits per heavy atom. The summed E-state index contributed by atoms with van der Waals surface area (Å²) in [4.78, 5) is 0. The molecule has 0 spiro atoms. The quantitative estimate of drug-likeness (QED) is 0.416. The average Bonchev–Trinajstić information content (AvgIpc) is 1.84. The van der Waals surface area contributed by atoms with Gasteiger partial charge in [-0.1, -0.05) is 13.0 Å². The van der Waals surface area contributed by atoms with Crippen molar-refractivity contribution in [2.24, 2.45) is 0 Å². The molecule has 0 radical (unpaired) electrons. The van der Waals surface area contributed by atoms with E-state index < -0.39 is 9.04 Å². The third-order valence-electron chi connectivity index (χ3n) is 1.48. The maximum Gasteiger partial charge on any atom is 0.179 e. The van der Waals surface area contributed by atoms with E-state index >= 15 is 0 Å². The minimum Gasteiger partial charge on any atom is -0.423 e. The van der Waals surface area contributed by atoms with Gasteiger partial charge in [0.15, 0.2) is 9.04 Å². The molecule has 0 aromatic heterocycles. The largest absolute Gasteiger partial charge is 0.423 e. The number of hydrogen-bond donors (Lipinski definition) is 0.